The summed E-state index contributed by atoms with van der Waals surface area (Å²) >= 11 is 7.75. The maximum absolute atomic E-state index is 8.94. The molecule has 2 nitrogen and oxygen atoms in total. The Morgan fingerprint density at radius 3 is 2.80 bits per heavy atom. The van der Waals surface area contributed by atoms with Gasteiger partial charge in [0.15, 0.2) is 0 Å². The maximum Gasteiger partial charge on any atom is 0.0550 e. The average Bonchev–Trinajstić information content (AvgIpc) is 2.22. The fourth-order valence-corrected chi connectivity index (χ4v) is 2.39. The smallest absolute Gasteiger partial charge is 0.0550 e. The number of hydrogen-bond donors (Lipinski definition) is 2. The molecule has 0 radical (unpaired) electrons. The number of halogens is 1. The van der Waals surface area contributed by atoms with Gasteiger partial charge in [0.1, 0.15) is 0 Å². The minimum absolute atomic E-state index is 0.181. The Labute approximate surface area is 100 Å². The van der Waals surface area contributed by atoms with E-state index in [0.29, 0.717) is 0 Å². The third kappa shape index (κ3) is 4.03. The van der Waals surface area contributed by atoms with Crippen molar-refractivity contribution in [1.82, 2.24) is 5.32 Å². The molecule has 0 saturated carbocycles. The van der Waals surface area contributed by atoms with Gasteiger partial charge in [-0.3, -0.25) is 0 Å². The van der Waals surface area contributed by atoms with Gasteiger partial charge in [0.05, 0.1) is 6.61 Å². The Balaban J connectivity index is 2.73. The molecule has 1 unspecified atom stereocenters. The van der Waals surface area contributed by atoms with Crippen molar-refractivity contribution in [1.29, 1.82) is 0 Å². The lowest BCUT2D eigenvalue weighted by Crippen LogP contribution is -2.05. The van der Waals surface area contributed by atoms with Gasteiger partial charge in [0.25, 0.3) is 0 Å². The second kappa shape index (κ2) is 6.38. The third-order valence-electron chi connectivity index (χ3n) is 1.99. The van der Waals surface area contributed by atoms with Crippen LogP contribution in [0.15, 0.2) is 23.1 Å². The Kier molecular flexibility index (Phi) is 5.47. The van der Waals surface area contributed by atoms with Gasteiger partial charge in [-0.2, -0.15) is 0 Å². The molecule has 4 heteroatoms. The molecular formula is C11H16ClNOS. The topological polar surface area (TPSA) is 32.3 Å². The molecule has 1 aromatic rings. The van der Waals surface area contributed by atoms with Crippen LogP contribution in [-0.4, -0.2) is 24.0 Å². The first-order valence-corrected chi connectivity index (χ1v) is 6.13. The highest BCUT2D eigenvalue weighted by atomic mass is 35.5. The minimum atomic E-state index is 0.181. The van der Waals surface area contributed by atoms with E-state index in [0.717, 1.165) is 22.0 Å². The summed E-state index contributed by atoms with van der Waals surface area (Å²) in [6.07, 6.45) is 0. The standard InChI is InChI=1S/C11H16ClNOS/c1-8(7-14)15-10-4-3-9(6-13-2)11(12)5-10/h3-5,8,13-14H,6-7H2,1-2H3. The molecule has 2 N–H and O–H groups in total. The summed E-state index contributed by atoms with van der Waals surface area (Å²) in [5, 5.41) is 13.0. The normalized spacial score (nSPS) is 12.8. The first kappa shape index (κ1) is 12.8. The number of thioether (sulfide) groups is 1. The molecule has 1 rings (SSSR count). The molecule has 0 aliphatic carbocycles. The van der Waals surface area contributed by atoms with Gasteiger partial charge in [-0.1, -0.05) is 24.6 Å². The Morgan fingerprint density at radius 2 is 2.27 bits per heavy atom. The van der Waals surface area contributed by atoms with Crippen molar-refractivity contribution in [3.05, 3.63) is 28.8 Å². The van der Waals surface area contributed by atoms with Gasteiger partial charge >= 0.3 is 0 Å². The summed E-state index contributed by atoms with van der Waals surface area (Å²) in [5.41, 5.74) is 1.10. The molecule has 84 valence electrons. The molecule has 0 aromatic heterocycles. The van der Waals surface area contributed by atoms with Crippen molar-refractivity contribution in [3.63, 3.8) is 0 Å². The molecule has 1 aromatic carbocycles. The van der Waals surface area contributed by atoms with Crippen LogP contribution in [0.3, 0.4) is 0 Å². The van der Waals surface area contributed by atoms with Gasteiger partial charge in [-0.05, 0) is 24.7 Å². The van der Waals surface area contributed by atoms with E-state index in [1.54, 1.807) is 11.8 Å². The highest BCUT2D eigenvalue weighted by Gasteiger charge is 2.05. The zero-order valence-corrected chi connectivity index (χ0v) is 10.5. The van der Waals surface area contributed by atoms with Crippen molar-refractivity contribution in [3.8, 4) is 0 Å². The first-order valence-electron chi connectivity index (χ1n) is 4.88. The predicted octanol–water partition coefficient (Wildman–Crippen LogP) is 2.53. The molecule has 0 spiro atoms. The molecule has 1 atom stereocenters. The van der Waals surface area contributed by atoms with E-state index in [4.69, 9.17) is 16.7 Å². The fourth-order valence-electron chi connectivity index (χ4n) is 1.20. The summed E-state index contributed by atoms with van der Waals surface area (Å²) in [6.45, 7) is 2.94. The Hall–Kier alpha value is -0.220. The van der Waals surface area contributed by atoms with E-state index in [1.165, 1.54) is 0 Å². The Bertz CT molecular complexity index is 319. The highest BCUT2D eigenvalue weighted by Crippen LogP contribution is 2.27. The van der Waals surface area contributed by atoms with Crippen molar-refractivity contribution < 1.29 is 5.11 Å². The van der Waals surface area contributed by atoms with E-state index in [2.05, 4.69) is 5.32 Å². The maximum atomic E-state index is 8.94. The first-order chi connectivity index (χ1) is 7.17. The minimum Gasteiger partial charge on any atom is -0.395 e. The largest absolute Gasteiger partial charge is 0.395 e. The van der Waals surface area contributed by atoms with Crippen molar-refractivity contribution in [2.45, 2.75) is 23.6 Å². The van der Waals surface area contributed by atoms with E-state index >= 15 is 0 Å². The monoisotopic (exact) mass is 245 g/mol. The van der Waals surface area contributed by atoms with Crippen LogP contribution < -0.4 is 5.32 Å². The number of hydrogen-bond acceptors (Lipinski definition) is 3. The van der Waals surface area contributed by atoms with Gasteiger partial charge < -0.3 is 10.4 Å². The van der Waals surface area contributed by atoms with Crippen LogP contribution in [0.25, 0.3) is 0 Å². The molecule has 0 saturated heterocycles. The number of aliphatic hydroxyl groups is 1. The summed E-state index contributed by atoms with van der Waals surface area (Å²) in [5.74, 6) is 0. The van der Waals surface area contributed by atoms with Gasteiger partial charge in [-0.25, -0.2) is 0 Å². The van der Waals surface area contributed by atoms with Crippen molar-refractivity contribution >= 4 is 23.4 Å². The number of benzene rings is 1. The average molecular weight is 246 g/mol. The predicted molar refractivity (Wildman–Crippen MR) is 66.6 cm³/mol. The van der Waals surface area contributed by atoms with Crippen molar-refractivity contribution in [2.75, 3.05) is 13.7 Å². The zero-order valence-electron chi connectivity index (χ0n) is 8.96. The molecule has 15 heavy (non-hydrogen) atoms. The van der Waals surface area contributed by atoms with Gasteiger partial charge in [-0.15, -0.1) is 11.8 Å². The SMILES string of the molecule is CNCc1ccc(SC(C)CO)cc1Cl. The fraction of sp³-hybridized carbons (Fsp3) is 0.455. The van der Waals surface area contributed by atoms with Crippen molar-refractivity contribution in [2.24, 2.45) is 0 Å². The summed E-state index contributed by atoms with van der Waals surface area (Å²) < 4.78 is 0. The lowest BCUT2D eigenvalue weighted by Gasteiger charge is -2.09. The molecular weight excluding hydrogens is 230 g/mol. The van der Waals surface area contributed by atoms with Crippen LogP contribution in [0.4, 0.5) is 0 Å². The van der Waals surface area contributed by atoms with E-state index in [1.807, 2.05) is 32.2 Å². The zero-order chi connectivity index (χ0) is 11.3. The van der Waals surface area contributed by atoms with Crippen LogP contribution >= 0.6 is 23.4 Å². The number of aliphatic hydroxyl groups excluding tert-OH is 1. The summed E-state index contributed by atoms with van der Waals surface area (Å²) in [6, 6.07) is 6.01. The lowest BCUT2D eigenvalue weighted by molar-refractivity contribution is 0.300. The molecule has 0 heterocycles. The Morgan fingerprint density at radius 1 is 1.53 bits per heavy atom. The molecule has 0 aliphatic rings. The second-order valence-corrected chi connectivity index (χ2v) is 5.31. The summed E-state index contributed by atoms with van der Waals surface area (Å²) in [7, 11) is 1.90. The second-order valence-electron chi connectivity index (χ2n) is 3.39. The van der Waals surface area contributed by atoms with Crippen LogP contribution in [0.2, 0.25) is 5.02 Å². The molecule has 0 fully saturated rings. The van der Waals surface area contributed by atoms with Crippen LogP contribution in [0.1, 0.15) is 12.5 Å². The number of rotatable bonds is 5. The highest BCUT2D eigenvalue weighted by molar-refractivity contribution is 8.00. The van der Waals surface area contributed by atoms with Gasteiger partial charge in [0, 0.05) is 21.7 Å². The van der Waals surface area contributed by atoms with E-state index < -0.39 is 0 Å². The van der Waals surface area contributed by atoms with Crippen LogP contribution in [0.5, 0.6) is 0 Å². The lowest BCUT2D eigenvalue weighted by atomic mass is 10.2. The summed E-state index contributed by atoms with van der Waals surface area (Å²) in [4.78, 5) is 1.10. The molecule has 0 amide bonds. The number of nitrogens with one attached hydrogen (secondary N) is 1. The van der Waals surface area contributed by atoms with Gasteiger partial charge in [0.2, 0.25) is 0 Å². The van der Waals surface area contributed by atoms with E-state index in [9.17, 15) is 0 Å². The molecule has 0 bridgehead atoms. The third-order valence-corrected chi connectivity index (χ3v) is 3.42. The van der Waals surface area contributed by atoms with E-state index in [-0.39, 0.29) is 11.9 Å². The molecule has 0 aliphatic heterocycles. The quantitative estimate of drug-likeness (QED) is 0.782. The van der Waals surface area contributed by atoms with Crippen LogP contribution in [-0.2, 0) is 6.54 Å². The van der Waals surface area contributed by atoms with Crippen LogP contribution in [0, 0.1) is 0 Å².